The average Bonchev–Trinajstić information content (AvgIpc) is 2.19. The number of nitrogens with two attached hydrogens (primary N) is 3. The molecule has 0 unspecified atom stereocenters. The molecule has 0 heterocycles. The number of guanidine groups is 2. The first-order chi connectivity index (χ1) is 7.91. The summed E-state index contributed by atoms with van der Waals surface area (Å²) >= 11 is 0. The van der Waals surface area contributed by atoms with Crippen molar-refractivity contribution in [1.29, 1.82) is 0 Å². The molecule has 7 heteroatoms. The topological polar surface area (TPSA) is 140 Å². The van der Waals surface area contributed by atoms with Crippen molar-refractivity contribution in [2.24, 2.45) is 27.2 Å². The van der Waals surface area contributed by atoms with Gasteiger partial charge < -0.3 is 22.3 Å². The molecule has 90 valence electrons. The Morgan fingerprint density at radius 3 is 2.47 bits per heavy atom. The highest BCUT2D eigenvalue weighted by Gasteiger charge is 2.11. The van der Waals surface area contributed by atoms with Crippen LogP contribution in [-0.4, -0.2) is 23.0 Å². The fourth-order valence-corrected chi connectivity index (χ4v) is 1.25. The molecule has 0 aliphatic carbocycles. The summed E-state index contributed by atoms with van der Waals surface area (Å²) < 4.78 is 0. The summed E-state index contributed by atoms with van der Waals surface area (Å²) in [6.45, 7) is 1.72. The van der Waals surface area contributed by atoms with Crippen molar-refractivity contribution in [3.8, 4) is 0 Å². The van der Waals surface area contributed by atoms with Gasteiger partial charge in [-0.1, -0.05) is 12.1 Å². The van der Waals surface area contributed by atoms with E-state index in [0.29, 0.717) is 5.56 Å². The van der Waals surface area contributed by atoms with Crippen molar-refractivity contribution in [3.05, 3.63) is 29.3 Å². The zero-order chi connectivity index (χ0) is 13.0. The molecule has 17 heavy (non-hydrogen) atoms. The zero-order valence-corrected chi connectivity index (χ0v) is 9.21. The number of aromatic carboxylic acids is 1. The van der Waals surface area contributed by atoms with Gasteiger partial charge in [0.2, 0.25) is 5.96 Å². The molecule has 7 nitrogen and oxygen atoms in total. The Labute approximate surface area is 97.7 Å². The molecule has 0 aromatic heterocycles. The summed E-state index contributed by atoms with van der Waals surface area (Å²) in [5, 5.41) is 8.99. The maximum atomic E-state index is 11.0. The van der Waals surface area contributed by atoms with Gasteiger partial charge >= 0.3 is 5.97 Å². The van der Waals surface area contributed by atoms with Crippen LogP contribution < -0.4 is 17.2 Å². The first-order valence-electron chi connectivity index (χ1n) is 4.68. The van der Waals surface area contributed by atoms with Crippen LogP contribution in [0.4, 0.5) is 5.69 Å². The van der Waals surface area contributed by atoms with E-state index in [1.54, 1.807) is 19.1 Å². The first-order valence-corrected chi connectivity index (χ1v) is 4.68. The molecule has 0 fully saturated rings. The number of carboxylic acids is 1. The highest BCUT2D eigenvalue weighted by atomic mass is 16.4. The van der Waals surface area contributed by atoms with Crippen molar-refractivity contribution in [2.45, 2.75) is 6.92 Å². The second-order valence-corrected chi connectivity index (χ2v) is 3.28. The molecule has 0 amide bonds. The van der Waals surface area contributed by atoms with E-state index >= 15 is 0 Å². The molecular weight excluding hydrogens is 222 g/mol. The van der Waals surface area contributed by atoms with E-state index in [-0.39, 0.29) is 23.2 Å². The van der Waals surface area contributed by atoms with E-state index in [0.717, 1.165) is 0 Å². The van der Waals surface area contributed by atoms with Crippen LogP contribution in [-0.2, 0) is 0 Å². The van der Waals surface area contributed by atoms with Crippen molar-refractivity contribution < 1.29 is 9.90 Å². The minimum atomic E-state index is -1.09. The lowest BCUT2D eigenvalue weighted by Crippen LogP contribution is -2.26. The number of carboxylic acid groups (broad SMARTS) is 1. The van der Waals surface area contributed by atoms with Crippen LogP contribution in [0.2, 0.25) is 0 Å². The Balaban J connectivity index is 3.31. The van der Waals surface area contributed by atoms with Crippen molar-refractivity contribution in [1.82, 2.24) is 0 Å². The van der Waals surface area contributed by atoms with Gasteiger partial charge in [-0.3, -0.25) is 0 Å². The summed E-state index contributed by atoms with van der Waals surface area (Å²) in [4.78, 5) is 18.4. The van der Waals surface area contributed by atoms with Crippen molar-refractivity contribution >= 4 is 23.6 Å². The number of rotatable bonds is 2. The van der Waals surface area contributed by atoms with Gasteiger partial charge in [0.1, 0.15) is 0 Å². The second-order valence-electron chi connectivity index (χ2n) is 3.28. The number of hydrogen-bond acceptors (Lipinski definition) is 2. The smallest absolute Gasteiger partial charge is 0.337 e. The largest absolute Gasteiger partial charge is 0.478 e. The number of carbonyl (C=O) groups is 1. The molecule has 1 rings (SSSR count). The van der Waals surface area contributed by atoms with Crippen molar-refractivity contribution in [2.75, 3.05) is 0 Å². The minimum Gasteiger partial charge on any atom is -0.478 e. The van der Waals surface area contributed by atoms with Gasteiger partial charge in [-0.25, -0.2) is 9.79 Å². The highest BCUT2D eigenvalue weighted by Crippen LogP contribution is 2.23. The van der Waals surface area contributed by atoms with Gasteiger partial charge in [-0.2, -0.15) is 4.99 Å². The number of aliphatic imine (C=N–C) groups is 2. The van der Waals surface area contributed by atoms with Crippen LogP contribution >= 0.6 is 0 Å². The number of aryl methyl sites for hydroxylation is 1. The molecule has 0 aliphatic heterocycles. The molecule has 0 saturated carbocycles. The Morgan fingerprint density at radius 2 is 1.94 bits per heavy atom. The van der Waals surface area contributed by atoms with Gasteiger partial charge in [-0.15, -0.1) is 0 Å². The predicted molar refractivity (Wildman–Crippen MR) is 65.2 cm³/mol. The first kappa shape index (κ1) is 12.5. The van der Waals surface area contributed by atoms with Crippen LogP contribution in [0.1, 0.15) is 15.9 Å². The monoisotopic (exact) mass is 235 g/mol. The lowest BCUT2D eigenvalue weighted by atomic mass is 10.1. The maximum Gasteiger partial charge on any atom is 0.337 e. The Bertz CT molecular complexity index is 503. The third kappa shape index (κ3) is 3.20. The lowest BCUT2D eigenvalue weighted by molar-refractivity contribution is 0.0698. The van der Waals surface area contributed by atoms with E-state index in [9.17, 15) is 4.79 Å². The summed E-state index contributed by atoms with van der Waals surface area (Å²) in [5.74, 6) is -1.52. The van der Waals surface area contributed by atoms with Gasteiger partial charge in [-0.05, 0) is 18.6 Å². The molecule has 0 saturated heterocycles. The second kappa shape index (κ2) is 4.97. The lowest BCUT2D eigenvalue weighted by Gasteiger charge is -2.04. The predicted octanol–water partition coefficient (Wildman–Crippen LogP) is -0.0872. The molecule has 0 aliphatic rings. The fourth-order valence-electron chi connectivity index (χ4n) is 1.25. The van der Waals surface area contributed by atoms with Gasteiger partial charge in [0.05, 0.1) is 11.3 Å². The van der Waals surface area contributed by atoms with E-state index in [1.165, 1.54) is 6.07 Å². The minimum absolute atomic E-state index is 0.0405. The number of benzene rings is 1. The Morgan fingerprint density at radius 1 is 1.29 bits per heavy atom. The summed E-state index contributed by atoms with van der Waals surface area (Å²) in [7, 11) is 0. The van der Waals surface area contributed by atoms with Crippen LogP contribution in [0.15, 0.2) is 28.2 Å². The average molecular weight is 235 g/mol. The quantitative estimate of drug-likeness (QED) is 0.419. The Hall–Kier alpha value is -2.57. The molecule has 0 bridgehead atoms. The van der Waals surface area contributed by atoms with E-state index < -0.39 is 5.97 Å². The van der Waals surface area contributed by atoms with Crippen molar-refractivity contribution in [3.63, 3.8) is 0 Å². The van der Waals surface area contributed by atoms with E-state index in [1.807, 2.05) is 0 Å². The molecule has 0 atom stereocenters. The van der Waals surface area contributed by atoms with E-state index in [2.05, 4.69) is 9.98 Å². The Kier molecular flexibility index (Phi) is 3.66. The van der Waals surface area contributed by atoms with Gasteiger partial charge in [0.15, 0.2) is 5.96 Å². The van der Waals surface area contributed by atoms with Gasteiger partial charge in [0, 0.05) is 0 Å². The number of para-hydroxylation sites is 1. The van der Waals surface area contributed by atoms with Crippen LogP contribution in [0.5, 0.6) is 0 Å². The third-order valence-corrected chi connectivity index (χ3v) is 1.94. The van der Waals surface area contributed by atoms with Crippen LogP contribution in [0.25, 0.3) is 0 Å². The number of hydrogen-bond donors (Lipinski definition) is 4. The number of nitrogens with zero attached hydrogens (tertiary/aromatic N) is 2. The van der Waals surface area contributed by atoms with Crippen LogP contribution in [0, 0.1) is 6.92 Å². The van der Waals surface area contributed by atoms with Crippen LogP contribution in [0.3, 0.4) is 0 Å². The summed E-state index contributed by atoms with van der Waals surface area (Å²) in [6.07, 6.45) is 0. The molecule has 1 aromatic rings. The highest BCUT2D eigenvalue weighted by molar-refractivity contribution is 5.98. The molecule has 7 N–H and O–H groups in total. The fraction of sp³-hybridized carbons (Fsp3) is 0.100. The standard InChI is InChI=1S/C10H13N5O2/c1-5-3-2-4-6(8(16)17)7(5)14-10(13)15-9(11)12/h2-4H,1H3,(H,16,17)(H6,11,12,13,14,15). The summed E-state index contributed by atoms with van der Waals surface area (Å²) in [5.41, 5.74) is 16.7. The SMILES string of the molecule is Cc1cccc(C(=O)O)c1N=C(N)N=C(N)N. The third-order valence-electron chi connectivity index (χ3n) is 1.94. The summed E-state index contributed by atoms with van der Waals surface area (Å²) in [6, 6.07) is 4.76. The normalized spacial score (nSPS) is 11.0. The molecule has 0 radical (unpaired) electrons. The van der Waals surface area contributed by atoms with E-state index in [4.69, 9.17) is 22.3 Å². The molecule has 0 spiro atoms. The molecule has 1 aromatic carbocycles. The van der Waals surface area contributed by atoms with Gasteiger partial charge in [0.25, 0.3) is 0 Å². The maximum absolute atomic E-state index is 11.0. The zero-order valence-electron chi connectivity index (χ0n) is 9.21. The molecular formula is C10H13N5O2.